The Kier molecular flexibility index (Phi) is 3.36. The van der Waals surface area contributed by atoms with Crippen LogP contribution in [0.3, 0.4) is 0 Å². The number of likely N-dealkylation sites (tertiary alicyclic amines) is 1. The third-order valence-corrected chi connectivity index (χ3v) is 3.79. The summed E-state index contributed by atoms with van der Waals surface area (Å²) in [4.78, 5) is 25.2. The second-order valence-corrected chi connectivity index (χ2v) is 6.69. The van der Waals surface area contributed by atoms with Crippen molar-refractivity contribution in [1.29, 1.82) is 0 Å². The fourth-order valence-corrected chi connectivity index (χ4v) is 2.29. The SMILES string of the molecule is CC(C)(C)n1cc(C(=O)N2CC[C@](C)(C(=O)O)C2)cn1. The molecule has 6 heteroatoms. The van der Waals surface area contributed by atoms with E-state index in [1.54, 1.807) is 28.9 Å². The fraction of sp³-hybridized carbons (Fsp3) is 0.643. The van der Waals surface area contributed by atoms with Crippen molar-refractivity contribution in [3.8, 4) is 0 Å². The van der Waals surface area contributed by atoms with Crippen LogP contribution in [0.2, 0.25) is 0 Å². The van der Waals surface area contributed by atoms with Gasteiger partial charge in [0.15, 0.2) is 0 Å². The fourth-order valence-electron chi connectivity index (χ4n) is 2.29. The monoisotopic (exact) mass is 279 g/mol. The lowest BCUT2D eigenvalue weighted by molar-refractivity contribution is -0.147. The minimum atomic E-state index is -0.849. The molecule has 1 amide bonds. The van der Waals surface area contributed by atoms with E-state index in [1.165, 1.54) is 0 Å². The van der Waals surface area contributed by atoms with Crippen LogP contribution in [-0.2, 0) is 10.3 Å². The molecule has 6 nitrogen and oxygen atoms in total. The predicted molar refractivity (Wildman–Crippen MR) is 73.5 cm³/mol. The largest absolute Gasteiger partial charge is 0.481 e. The molecule has 2 heterocycles. The molecule has 2 rings (SSSR count). The molecule has 0 saturated carbocycles. The van der Waals surface area contributed by atoms with Gasteiger partial charge < -0.3 is 10.0 Å². The lowest BCUT2D eigenvalue weighted by Crippen LogP contribution is -2.34. The zero-order valence-electron chi connectivity index (χ0n) is 12.4. The number of carboxylic acid groups (broad SMARTS) is 1. The summed E-state index contributed by atoms with van der Waals surface area (Å²) in [6.07, 6.45) is 3.75. The van der Waals surface area contributed by atoms with Crippen molar-refractivity contribution in [3.05, 3.63) is 18.0 Å². The topological polar surface area (TPSA) is 75.4 Å². The van der Waals surface area contributed by atoms with E-state index in [0.717, 1.165) is 0 Å². The number of hydrogen-bond acceptors (Lipinski definition) is 3. The molecule has 0 spiro atoms. The Hall–Kier alpha value is -1.85. The molecule has 0 radical (unpaired) electrons. The molecule has 0 aromatic carbocycles. The van der Waals surface area contributed by atoms with Crippen molar-refractivity contribution in [2.45, 2.75) is 39.7 Å². The van der Waals surface area contributed by atoms with E-state index >= 15 is 0 Å². The molecular formula is C14H21N3O3. The highest BCUT2D eigenvalue weighted by atomic mass is 16.4. The molecule has 1 saturated heterocycles. The van der Waals surface area contributed by atoms with E-state index in [1.807, 2.05) is 20.8 Å². The van der Waals surface area contributed by atoms with E-state index in [-0.39, 0.29) is 18.0 Å². The van der Waals surface area contributed by atoms with Crippen LogP contribution in [0.5, 0.6) is 0 Å². The van der Waals surface area contributed by atoms with E-state index in [2.05, 4.69) is 5.10 Å². The summed E-state index contributed by atoms with van der Waals surface area (Å²) in [5.41, 5.74) is -0.510. The molecule has 0 bridgehead atoms. The van der Waals surface area contributed by atoms with Gasteiger partial charge in [-0.05, 0) is 34.1 Å². The van der Waals surface area contributed by atoms with Gasteiger partial charge in [0, 0.05) is 19.3 Å². The van der Waals surface area contributed by atoms with E-state index in [9.17, 15) is 14.7 Å². The highest BCUT2D eigenvalue weighted by molar-refractivity contribution is 5.94. The Morgan fingerprint density at radius 2 is 2.05 bits per heavy atom. The van der Waals surface area contributed by atoms with Crippen molar-refractivity contribution >= 4 is 11.9 Å². The zero-order valence-corrected chi connectivity index (χ0v) is 12.4. The maximum Gasteiger partial charge on any atom is 0.311 e. The molecule has 0 aliphatic carbocycles. The summed E-state index contributed by atoms with van der Waals surface area (Å²) in [6, 6.07) is 0. The van der Waals surface area contributed by atoms with Crippen LogP contribution in [0.25, 0.3) is 0 Å². The second-order valence-electron chi connectivity index (χ2n) is 6.69. The van der Waals surface area contributed by atoms with Crippen LogP contribution in [0, 0.1) is 5.41 Å². The van der Waals surface area contributed by atoms with E-state index < -0.39 is 11.4 Å². The number of aliphatic carboxylic acids is 1. The van der Waals surface area contributed by atoms with Crippen LogP contribution >= 0.6 is 0 Å². The maximum atomic E-state index is 12.4. The van der Waals surface area contributed by atoms with Crippen molar-refractivity contribution in [2.24, 2.45) is 5.41 Å². The van der Waals surface area contributed by atoms with Crippen molar-refractivity contribution < 1.29 is 14.7 Å². The zero-order chi connectivity index (χ0) is 15.1. The summed E-state index contributed by atoms with van der Waals surface area (Å²) in [6.45, 7) is 8.42. The lowest BCUT2D eigenvalue weighted by Gasteiger charge is -2.20. The quantitative estimate of drug-likeness (QED) is 0.891. The Morgan fingerprint density at radius 3 is 2.50 bits per heavy atom. The van der Waals surface area contributed by atoms with Crippen LogP contribution in [-0.4, -0.2) is 44.8 Å². The van der Waals surface area contributed by atoms with Gasteiger partial charge in [-0.25, -0.2) is 0 Å². The average Bonchev–Trinajstić information content (AvgIpc) is 2.94. The first kappa shape index (κ1) is 14.6. The molecule has 1 fully saturated rings. The van der Waals surface area contributed by atoms with E-state index in [0.29, 0.717) is 18.5 Å². The summed E-state index contributed by atoms with van der Waals surface area (Å²) < 4.78 is 1.74. The summed E-state index contributed by atoms with van der Waals surface area (Å²) in [7, 11) is 0. The number of rotatable bonds is 2. The van der Waals surface area contributed by atoms with E-state index in [4.69, 9.17) is 0 Å². The first-order chi connectivity index (χ1) is 9.13. The maximum absolute atomic E-state index is 12.4. The normalized spacial score (nSPS) is 23.1. The van der Waals surface area contributed by atoms with Gasteiger partial charge in [-0.2, -0.15) is 5.10 Å². The summed E-state index contributed by atoms with van der Waals surface area (Å²) >= 11 is 0. The number of aromatic nitrogens is 2. The van der Waals surface area contributed by atoms with Crippen molar-refractivity contribution in [2.75, 3.05) is 13.1 Å². The summed E-state index contributed by atoms with van der Waals surface area (Å²) in [5.74, 6) is -0.997. The van der Waals surface area contributed by atoms with Gasteiger partial charge in [-0.1, -0.05) is 0 Å². The average molecular weight is 279 g/mol. The molecule has 20 heavy (non-hydrogen) atoms. The van der Waals surface area contributed by atoms with Crippen LogP contribution in [0.15, 0.2) is 12.4 Å². The van der Waals surface area contributed by atoms with Gasteiger partial charge in [0.05, 0.1) is 22.7 Å². The van der Waals surface area contributed by atoms with Crippen LogP contribution in [0.4, 0.5) is 0 Å². The Morgan fingerprint density at radius 1 is 1.40 bits per heavy atom. The number of carboxylic acids is 1. The van der Waals surface area contributed by atoms with Gasteiger partial charge in [0.2, 0.25) is 0 Å². The number of nitrogens with zero attached hydrogens (tertiary/aromatic N) is 3. The highest BCUT2D eigenvalue weighted by Crippen LogP contribution is 2.31. The number of amides is 1. The highest BCUT2D eigenvalue weighted by Gasteiger charge is 2.42. The predicted octanol–water partition coefficient (Wildman–Crippen LogP) is 1.57. The molecule has 1 N–H and O–H groups in total. The second kappa shape index (κ2) is 4.61. The smallest absolute Gasteiger partial charge is 0.311 e. The molecule has 1 aromatic rings. The minimum Gasteiger partial charge on any atom is -0.481 e. The Balaban J connectivity index is 2.14. The first-order valence-corrected chi connectivity index (χ1v) is 6.71. The Bertz CT molecular complexity index is 544. The number of carbonyl (C=O) groups excluding carboxylic acids is 1. The molecular weight excluding hydrogens is 258 g/mol. The van der Waals surface area contributed by atoms with Crippen molar-refractivity contribution in [3.63, 3.8) is 0 Å². The molecule has 1 aliphatic heterocycles. The molecule has 1 aromatic heterocycles. The van der Waals surface area contributed by atoms with Gasteiger partial charge in [0.1, 0.15) is 0 Å². The van der Waals surface area contributed by atoms with Gasteiger partial charge in [-0.3, -0.25) is 14.3 Å². The molecule has 110 valence electrons. The number of carbonyl (C=O) groups is 2. The molecule has 1 atom stereocenters. The standard InChI is InChI=1S/C14H21N3O3/c1-13(2,3)17-8-10(7-15-17)11(18)16-6-5-14(4,9-16)12(19)20/h7-8H,5-6,9H2,1-4H3,(H,19,20)/t14-/m0/s1. The van der Waals surface area contributed by atoms with Gasteiger partial charge in [0.25, 0.3) is 5.91 Å². The van der Waals surface area contributed by atoms with Crippen LogP contribution < -0.4 is 0 Å². The summed E-state index contributed by atoms with van der Waals surface area (Å²) in [5, 5.41) is 13.4. The van der Waals surface area contributed by atoms with Gasteiger partial charge >= 0.3 is 5.97 Å². The molecule has 0 unspecified atom stereocenters. The third kappa shape index (κ3) is 2.55. The third-order valence-electron chi connectivity index (χ3n) is 3.79. The number of hydrogen-bond donors (Lipinski definition) is 1. The first-order valence-electron chi connectivity index (χ1n) is 6.71. The van der Waals surface area contributed by atoms with Crippen LogP contribution in [0.1, 0.15) is 44.5 Å². The minimum absolute atomic E-state index is 0.148. The lowest BCUT2D eigenvalue weighted by atomic mass is 9.90. The van der Waals surface area contributed by atoms with Gasteiger partial charge in [-0.15, -0.1) is 0 Å². The molecule has 1 aliphatic rings. The van der Waals surface area contributed by atoms with Crippen molar-refractivity contribution in [1.82, 2.24) is 14.7 Å². The Labute approximate surface area is 118 Å².